The minimum absolute atomic E-state index is 0.0285. The molecule has 2 aromatic rings. The summed E-state index contributed by atoms with van der Waals surface area (Å²) < 4.78 is 6.29. The summed E-state index contributed by atoms with van der Waals surface area (Å²) in [6.07, 6.45) is 2.40. The lowest BCUT2D eigenvalue weighted by atomic mass is 10.2. The fourth-order valence-corrected chi connectivity index (χ4v) is 4.64. The molecule has 2 amide bonds. The van der Waals surface area contributed by atoms with Crippen LogP contribution in [0.1, 0.15) is 12.8 Å². The first kappa shape index (κ1) is 18.2. The highest BCUT2D eigenvalue weighted by atomic mass is 32.2. The Morgan fingerprint density at radius 2 is 2.30 bits per heavy atom. The zero-order valence-corrected chi connectivity index (χ0v) is 16.1. The van der Waals surface area contributed by atoms with Gasteiger partial charge in [0.2, 0.25) is 16.9 Å². The smallest absolute Gasteiger partial charge is 0.244 e. The maximum Gasteiger partial charge on any atom is 0.244 e. The van der Waals surface area contributed by atoms with Gasteiger partial charge < -0.3 is 20.3 Å². The Bertz CT molecular complexity index is 837. The quantitative estimate of drug-likeness (QED) is 0.711. The van der Waals surface area contributed by atoms with E-state index in [2.05, 4.69) is 20.8 Å². The second kappa shape index (κ2) is 8.24. The first-order chi connectivity index (χ1) is 13.2. The Morgan fingerprint density at radius 3 is 3.15 bits per heavy atom. The molecule has 0 saturated carbocycles. The van der Waals surface area contributed by atoms with Crippen LogP contribution in [0.25, 0.3) is 0 Å². The van der Waals surface area contributed by atoms with Crippen LogP contribution in [0.4, 0.5) is 16.5 Å². The number of thioether (sulfide) groups is 1. The molecule has 8 nitrogen and oxygen atoms in total. The SMILES string of the molecule is O=C1CN(C(=O)CSc2nnc(NC[C@H]3CCCO3)s2)c2ccccc2N1. The van der Waals surface area contributed by atoms with Crippen LogP contribution in [0.5, 0.6) is 0 Å². The van der Waals surface area contributed by atoms with E-state index in [9.17, 15) is 9.59 Å². The maximum atomic E-state index is 12.6. The third kappa shape index (κ3) is 4.40. The molecule has 0 spiro atoms. The Kier molecular flexibility index (Phi) is 5.55. The van der Waals surface area contributed by atoms with E-state index in [1.807, 2.05) is 18.2 Å². The molecule has 0 radical (unpaired) electrons. The number of hydrogen-bond donors (Lipinski definition) is 2. The van der Waals surface area contributed by atoms with E-state index in [-0.39, 0.29) is 30.2 Å². The zero-order chi connectivity index (χ0) is 18.6. The van der Waals surface area contributed by atoms with Crippen molar-refractivity contribution in [1.29, 1.82) is 0 Å². The Morgan fingerprint density at radius 1 is 1.41 bits per heavy atom. The molecule has 2 aliphatic rings. The van der Waals surface area contributed by atoms with Gasteiger partial charge in [-0.25, -0.2) is 0 Å². The van der Waals surface area contributed by atoms with E-state index in [0.717, 1.165) is 36.8 Å². The van der Waals surface area contributed by atoms with Crippen molar-refractivity contribution in [2.24, 2.45) is 0 Å². The van der Waals surface area contributed by atoms with E-state index in [0.29, 0.717) is 10.0 Å². The largest absolute Gasteiger partial charge is 0.376 e. The van der Waals surface area contributed by atoms with Gasteiger partial charge >= 0.3 is 0 Å². The Labute approximate surface area is 164 Å². The average molecular weight is 406 g/mol. The molecule has 0 unspecified atom stereocenters. The van der Waals surface area contributed by atoms with Gasteiger partial charge in [0.1, 0.15) is 6.54 Å². The topological polar surface area (TPSA) is 96.5 Å². The predicted octanol–water partition coefficient (Wildman–Crippen LogP) is 2.21. The Balaban J connectivity index is 1.32. The van der Waals surface area contributed by atoms with Gasteiger partial charge in [0.05, 0.1) is 23.2 Å². The van der Waals surface area contributed by atoms with Crippen LogP contribution in [0.15, 0.2) is 28.6 Å². The van der Waals surface area contributed by atoms with Crippen molar-refractivity contribution in [3.05, 3.63) is 24.3 Å². The van der Waals surface area contributed by atoms with Gasteiger partial charge in [-0.3, -0.25) is 9.59 Å². The highest BCUT2D eigenvalue weighted by molar-refractivity contribution is 8.01. The molecule has 1 aromatic carbocycles. The number of hydrogen-bond acceptors (Lipinski definition) is 8. The van der Waals surface area contributed by atoms with Crippen molar-refractivity contribution in [1.82, 2.24) is 10.2 Å². The number of anilines is 3. The Hall–Kier alpha value is -2.17. The third-order valence-electron chi connectivity index (χ3n) is 4.30. The van der Waals surface area contributed by atoms with Crippen LogP contribution in [0.2, 0.25) is 0 Å². The van der Waals surface area contributed by atoms with Gasteiger partial charge in [-0.2, -0.15) is 0 Å². The standard InChI is InChI=1S/C17H19N5O3S2/c23-14-9-22(13-6-2-1-5-12(13)19-14)15(24)10-26-17-21-20-16(27-17)18-8-11-4-3-7-25-11/h1-2,5-6,11H,3-4,7-10H2,(H,18,20)(H,19,23)/t11-/m1/s1. The molecule has 142 valence electrons. The fourth-order valence-electron chi connectivity index (χ4n) is 3.00. The number of para-hydroxylation sites is 2. The lowest BCUT2D eigenvalue weighted by Crippen LogP contribution is -2.43. The number of benzene rings is 1. The lowest BCUT2D eigenvalue weighted by molar-refractivity contribution is -0.120. The molecule has 10 heteroatoms. The van der Waals surface area contributed by atoms with Gasteiger partial charge in [-0.05, 0) is 25.0 Å². The molecule has 2 N–H and O–H groups in total. The number of ether oxygens (including phenoxy) is 1. The summed E-state index contributed by atoms with van der Waals surface area (Å²) in [5.41, 5.74) is 1.38. The summed E-state index contributed by atoms with van der Waals surface area (Å²) >= 11 is 2.74. The first-order valence-electron chi connectivity index (χ1n) is 8.70. The molecule has 0 bridgehead atoms. The van der Waals surface area contributed by atoms with E-state index < -0.39 is 0 Å². The average Bonchev–Trinajstić information content (AvgIpc) is 3.35. The number of aromatic nitrogens is 2. The van der Waals surface area contributed by atoms with Gasteiger partial charge in [0.15, 0.2) is 4.34 Å². The number of amides is 2. The molecule has 1 aromatic heterocycles. The number of carbonyl (C=O) groups is 2. The molecule has 0 aliphatic carbocycles. The van der Waals surface area contributed by atoms with Crippen molar-refractivity contribution in [3.8, 4) is 0 Å². The predicted molar refractivity (Wildman–Crippen MR) is 106 cm³/mol. The summed E-state index contributed by atoms with van der Waals surface area (Å²) in [7, 11) is 0. The van der Waals surface area contributed by atoms with Gasteiger partial charge in [0, 0.05) is 13.2 Å². The van der Waals surface area contributed by atoms with Gasteiger partial charge in [0.25, 0.3) is 0 Å². The fraction of sp³-hybridized carbons (Fsp3) is 0.412. The number of nitrogens with one attached hydrogen (secondary N) is 2. The summed E-state index contributed by atoms with van der Waals surface area (Å²) in [5.74, 6) is -0.128. The first-order valence-corrected chi connectivity index (χ1v) is 10.5. The zero-order valence-electron chi connectivity index (χ0n) is 14.5. The van der Waals surface area contributed by atoms with Gasteiger partial charge in [-0.1, -0.05) is 35.2 Å². The second-order valence-corrected chi connectivity index (χ2v) is 8.42. The normalized spacial score (nSPS) is 18.9. The number of rotatable bonds is 6. The van der Waals surface area contributed by atoms with Crippen LogP contribution in [-0.4, -0.2) is 53.6 Å². The number of carbonyl (C=O) groups excluding carboxylic acids is 2. The monoisotopic (exact) mass is 405 g/mol. The van der Waals surface area contributed by atoms with Crippen LogP contribution in [-0.2, 0) is 14.3 Å². The van der Waals surface area contributed by atoms with E-state index in [1.165, 1.54) is 28.0 Å². The van der Waals surface area contributed by atoms with Crippen molar-refractivity contribution in [2.45, 2.75) is 23.3 Å². The minimum atomic E-state index is -0.191. The summed E-state index contributed by atoms with van der Waals surface area (Å²) in [5, 5.41) is 15.0. The van der Waals surface area contributed by atoms with Crippen LogP contribution >= 0.6 is 23.1 Å². The van der Waals surface area contributed by atoms with Crippen molar-refractivity contribution < 1.29 is 14.3 Å². The minimum Gasteiger partial charge on any atom is -0.376 e. The second-order valence-electron chi connectivity index (χ2n) is 6.22. The van der Waals surface area contributed by atoms with E-state index >= 15 is 0 Å². The summed E-state index contributed by atoms with van der Waals surface area (Å²) in [6, 6.07) is 7.29. The van der Waals surface area contributed by atoms with Crippen molar-refractivity contribution in [2.75, 3.05) is 41.0 Å². The van der Waals surface area contributed by atoms with Gasteiger partial charge in [-0.15, -0.1) is 10.2 Å². The van der Waals surface area contributed by atoms with Crippen LogP contribution in [0, 0.1) is 0 Å². The highest BCUT2D eigenvalue weighted by Gasteiger charge is 2.26. The van der Waals surface area contributed by atoms with E-state index in [1.54, 1.807) is 6.07 Å². The molecule has 27 heavy (non-hydrogen) atoms. The molecular weight excluding hydrogens is 386 g/mol. The molecule has 1 fully saturated rings. The molecule has 2 aliphatic heterocycles. The maximum absolute atomic E-state index is 12.6. The summed E-state index contributed by atoms with van der Waals surface area (Å²) in [4.78, 5) is 26.0. The third-order valence-corrected chi connectivity index (χ3v) is 6.30. The number of nitrogens with zero attached hydrogens (tertiary/aromatic N) is 3. The molecule has 4 rings (SSSR count). The van der Waals surface area contributed by atoms with Crippen molar-refractivity contribution in [3.63, 3.8) is 0 Å². The van der Waals surface area contributed by atoms with Crippen LogP contribution in [0.3, 0.4) is 0 Å². The molecule has 1 saturated heterocycles. The molecule has 3 heterocycles. The molecule has 1 atom stereocenters. The molecular formula is C17H19N5O3S2. The lowest BCUT2D eigenvalue weighted by Gasteiger charge is -2.28. The number of fused-ring (bicyclic) bond motifs is 1. The highest BCUT2D eigenvalue weighted by Crippen LogP contribution is 2.31. The van der Waals surface area contributed by atoms with Crippen molar-refractivity contribution >= 4 is 51.4 Å². The van der Waals surface area contributed by atoms with E-state index in [4.69, 9.17) is 4.74 Å². The van der Waals surface area contributed by atoms with Crippen LogP contribution < -0.4 is 15.5 Å². The summed E-state index contributed by atoms with van der Waals surface area (Å²) in [6.45, 7) is 1.57.